The van der Waals surface area contributed by atoms with Gasteiger partial charge in [-0.05, 0) is 49.2 Å². The van der Waals surface area contributed by atoms with Crippen molar-refractivity contribution in [2.75, 3.05) is 0 Å². The molecule has 0 N–H and O–H groups in total. The fraction of sp³-hybridized carbons (Fsp3) is 0.240. The maximum absolute atomic E-state index is 13.5. The molecule has 1 aliphatic rings. The summed E-state index contributed by atoms with van der Waals surface area (Å²) in [5, 5.41) is 1.83. The van der Waals surface area contributed by atoms with Crippen molar-refractivity contribution in [3.05, 3.63) is 71.4 Å². The molecule has 0 radical (unpaired) electrons. The summed E-state index contributed by atoms with van der Waals surface area (Å²) in [6.45, 7) is 0. The van der Waals surface area contributed by atoms with Crippen LogP contribution in [0.15, 0.2) is 65.7 Å². The molecule has 2 aromatic heterocycles. The van der Waals surface area contributed by atoms with E-state index < -0.39 is 10.0 Å². The fourth-order valence-corrected chi connectivity index (χ4v) is 6.05. The largest absolute Gasteiger partial charge is 0.269 e. The summed E-state index contributed by atoms with van der Waals surface area (Å²) in [4.78, 5) is 4.59. The van der Waals surface area contributed by atoms with Crippen LogP contribution in [0.25, 0.3) is 21.9 Å². The number of pyridine rings is 1. The maximum atomic E-state index is 13.5. The van der Waals surface area contributed by atoms with Crippen LogP contribution in [0.4, 0.5) is 0 Å². The summed E-state index contributed by atoms with van der Waals surface area (Å²) in [5.74, 6) is 7.14. The van der Waals surface area contributed by atoms with Gasteiger partial charge in [0.1, 0.15) is 0 Å². The van der Waals surface area contributed by atoms with Gasteiger partial charge >= 0.3 is 0 Å². The Labute approximate surface area is 186 Å². The Morgan fingerprint density at radius 2 is 1.77 bits per heavy atom. The van der Waals surface area contributed by atoms with Gasteiger partial charge < -0.3 is 0 Å². The Hall–Kier alpha value is -2.81. The average Bonchev–Trinajstić information content (AvgIpc) is 3.14. The molecule has 4 aromatic rings. The van der Waals surface area contributed by atoms with Crippen molar-refractivity contribution in [1.29, 1.82) is 0 Å². The molecule has 0 spiro atoms. The molecule has 0 bridgehead atoms. The van der Waals surface area contributed by atoms with Gasteiger partial charge in [-0.2, -0.15) is 0 Å². The molecule has 2 aromatic carbocycles. The van der Waals surface area contributed by atoms with Gasteiger partial charge in [-0.1, -0.05) is 60.9 Å². The van der Waals surface area contributed by atoms with Gasteiger partial charge in [-0.25, -0.2) is 17.4 Å². The number of benzene rings is 2. The Morgan fingerprint density at radius 1 is 1.00 bits per heavy atom. The summed E-state index contributed by atoms with van der Waals surface area (Å²) < 4.78 is 28.3. The quantitative estimate of drug-likeness (QED) is 0.353. The van der Waals surface area contributed by atoms with E-state index in [-0.39, 0.29) is 4.90 Å². The van der Waals surface area contributed by atoms with Crippen LogP contribution in [-0.2, 0) is 10.0 Å². The van der Waals surface area contributed by atoms with Crippen LogP contribution in [0.1, 0.15) is 37.7 Å². The predicted molar refractivity (Wildman–Crippen MR) is 125 cm³/mol. The van der Waals surface area contributed by atoms with Gasteiger partial charge in [0.2, 0.25) is 0 Å². The second-order valence-electron chi connectivity index (χ2n) is 7.91. The topological polar surface area (TPSA) is 52.0 Å². The molecule has 2 heterocycles. The minimum absolute atomic E-state index is 0.205. The number of fused-ring (bicyclic) bond motifs is 3. The molecular weight excluding hydrogens is 428 g/mol. The van der Waals surface area contributed by atoms with E-state index in [1.807, 2.05) is 12.1 Å². The number of rotatable bonds is 2. The SMILES string of the molecule is O=S(=O)(c1ccccc1)n1c2ccc(C#CC3CCCCC3)cc2c2c(Cl)ccnc21. The van der Waals surface area contributed by atoms with E-state index >= 15 is 0 Å². The van der Waals surface area contributed by atoms with Crippen LogP contribution >= 0.6 is 11.6 Å². The van der Waals surface area contributed by atoms with Crippen LogP contribution in [0.5, 0.6) is 0 Å². The summed E-state index contributed by atoms with van der Waals surface area (Å²) in [7, 11) is -3.85. The van der Waals surface area contributed by atoms with Crippen LogP contribution in [0.2, 0.25) is 5.02 Å². The molecule has 4 nitrogen and oxygen atoms in total. The Kier molecular flexibility index (Phi) is 5.21. The Balaban J connectivity index is 1.72. The standard InChI is InChI=1S/C25H21ClN2O2S/c26-22-15-16-27-25-24(22)21-17-19(12-11-18-7-3-1-4-8-18)13-14-23(21)28(25)31(29,30)20-9-5-2-6-10-20/h2,5-6,9-10,13-18H,1,3-4,7-8H2. The van der Waals surface area contributed by atoms with E-state index in [9.17, 15) is 8.42 Å². The van der Waals surface area contributed by atoms with Gasteiger partial charge in [0, 0.05) is 28.5 Å². The van der Waals surface area contributed by atoms with Gasteiger partial charge in [0.05, 0.1) is 15.4 Å². The Bertz CT molecular complexity index is 1440. The lowest BCUT2D eigenvalue weighted by atomic mass is 9.89. The molecule has 0 aliphatic heterocycles. The Morgan fingerprint density at radius 3 is 2.55 bits per heavy atom. The number of hydrogen-bond acceptors (Lipinski definition) is 3. The molecule has 5 rings (SSSR count). The first-order valence-corrected chi connectivity index (χ1v) is 12.3. The van der Waals surface area contributed by atoms with Gasteiger partial charge in [0.15, 0.2) is 5.65 Å². The second-order valence-corrected chi connectivity index (χ2v) is 10.1. The zero-order valence-corrected chi connectivity index (χ0v) is 18.5. The molecular formula is C25H21ClN2O2S. The van der Waals surface area contributed by atoms with E-state index in [1.165, 1.54) is 29.4 Å². The van der Waals surface area contributed by atoms with E-state index in [0.717, 1.165) is 23.8 Å². The molecule has 1 aliphatic carbocycles. The third-order valence-corrected chi connectivity index (χ3v) is 7.90. The number of nitrogens with zero attached hydrogens (tertiary/aromatic N) is 2. The van der Waals surface area contributed by atoms with Crippen molar-refractivity contribution in [3.63, 3.8) is 0 Å². The first-order chi connectivity index (χ1) is 15.1. The highest BCUT2D eigenvalue weighted by Gasteiger charge is 2.25. The molecule has 1 fully saturated rings. The zero-order chi connectivity index (χ0) is 21.4. The van der Waals surface area contributed by atoms with E-state index in [2.05, 4.69) is 16.8 Å². The smallest absolute Gasteiger partial charge is 0.237 e. The van der Waals surface area contributed by atoms with Crippen LogP contribution in [0.3, 0.4) is 0 Å². The van der Waals surface area contributed by atoms with Crippen molar-refractivity contribution in [1.82, 2.24) is 8.96 Å². The summed E-state index contributed by atoms with van der Waals surface area (Å²) in [5.41, 5.74) is 1.72. The minimum atomic E-state index is -3.85. The van der Waals surface area contributed by atoms with E-state index in [4.69, 9.17) is 11.6 Å². The predicted octanol–water partition coefficient (Wildman–Crippen LogP) is 6.01. The van der Waals surface area contributed by atoms with Crippen molar-refractivity contribution in [2.24, 2.45) is 5.92 Å². The normalized spacial score (nSPS) is 15.1. The number of aromatic nitrogens is 2. The summed E-state index contributed by atoms with van der Waals surface area (Å²) >= 11 is 6.51. The highest BCUT2D eigenvalue weighted by atomic mass is 35.5. The average molecular weight is 449 g/mol. The van der Waals surface area contributed by atoms with Gasteiger partial charge in [0.25, 0.3) is 10.0 Å². The monoisotopic (exact) mass is 448 g/mol. The highest BCUT2D eigenvalue weighted by molar-refractivity contribution is 7.90. The fourth-order valence-electron chi connectivity index (χ4n) is 4.31. The minimum Gasteiger partial charge on any atom is -0.237 e. The van der Waals surface area contributed by atoms with Crippen molar-refractivity contribution in [2.45, 2.75) is 37.0 Å². The van der Waals surface area contributed by atoms with Crippen molar-refractivity contribution < 1.29 is 8.42 Å². The molecule has 0 amide bonds. The van der Waals surface area contributed by atoms with Crippen molar-refractivity contribution >= 4 is 43.6 Å². The van der Waals surface area contributed by atoms with Crippen molar-refractivity contribution in [3.8, 4) is 11.8 Å². The molecule has 156 valence electrons. The van der Waals surface area contributed by atoms with Gasteiger partial charge in [-0.3, -0.25) is 0 Å². The molecule has 0 atom stereocenters. The first kappa shape index (κ1) is 20.1. The molecule has 0 unspecified atom stereocenters. The maximum Gasteiger partial charge on any atom is 0.269 e. The number of hydrogen-bond donors (Lipinski definition) is 0. The molecule has 1 saturated carbocycles. The zero-order valence-electron chi connectivity index (χ0n) is 16.9. The molecule has 6 heteroatoms. The highest BCUT2D eigenvalue weighted by Crippen LogP contribution is 2.35. The van der Waals surface area contributed by atoms with Crippen LogP contribution in [-0.4, -0.2) is 17.4 Å². The summed E-state index contributed by atoms with van der Waals surface area (Å²) in [6.07, 6.45) is 7.61. The van der Waals surface area contributed by atoms with E-state index in [1.54, 1.807) is 42.5 Å². The third-order valence-electron chi connectivity index (χ3n) is 5.86. The lowest BCUT2D eigenvalue weighted by Gasteiger charge is -2.15. The number of halogens is 1. The van der Waals surface area contributed by atoms with Gasteiger partial charge in [-0.15, -0.1) is 0 Å². The van der Waals surface area contributed by atoms with E-state index in [0.29, 0.717) is 27.5 Å². The second kappa shape index (κ2) is 8.03. The lowest BCUT2D eigenvalue weighted by Crippen LogP contribution is -2.13. The molecule has 31 heavy (non-hydrogen) atoms. The third kappa shape index (κ3) is 3.60. The molecule has 0 saturated heterocycles. The lowest BCUT2D eigenvalue weighted by molar-refractivity contribution is 0.430. The van der Waals surface area contributed by atoms with Crippen LogP contribution in [0, 0.1) is 17.8 Å². The first-order valence-electron chi connectivity index (χ1n) is 10.5. The summed E-state index contributed by atoms with van der Waals surface area (Å²) in [6, 6.07) is 15.7. The van der Waals surface area contributed by atoms with Crippen LogP contribution < -0.4 is 0 Å².